The average molecular weight is 252 g/mol. The van der Waals surface area contributed by atoms with Gasteiger partial charge in [0.25, 0.3) is 0 Å². The van der Waals surface area contributed by atoms with E-state index in [0.29, 0.717) is 0 Å². The molecule has 0 N–H and O–H groups in total. The van der Waals surface area contributed by atoms with Gasteiger partial charge in [-0.2, -0.15) is 0 Å². The van der Waals surface area contributed by atoms with Crippen molar-refractivity contribution in [1.29, 1.82) is 0 Å². The fourth-order valence-electron chi connectivity index (χ4n) is 0.943. The molecule has 17 heavy (non-hydrogen) atoms. The summed E-state index contributed by atoms with van der Waals surface area (Å²) in [7, 11) is -3.52. The maximum Gasteiger partial charge on any atom is 0.345 e. The summed E-state index contributed by atoms with van der Waals surface area (Å²) in [5.74, 6) is 6.98. The predicted molar refractivity (Wildman–Crippen MR) is 69.3 cm³/mol. The van der Waals surface area contributed by atoms with Crippen LogP contribution < -0.4 is 0 Å². The van der Waals surface area contributed by atoms with Crippen LogP contribution in [0.2, 0.25) is 0 Å². The third-order valence-corrected chi connectivity index (χ3v) is 3.75. The summed E-state index contributed by atoms with van der Waals surface area (Å²) in [4.78, 5) is 0. The lowest BCUT2D eigenvalue weighted by Gasteiger charge is -2.29. The molecule has 0 saturated heterocycles. The van der Waals surface area contributed by atoms with Crippen LogP contribution in [-0.4, -0.2) is 17.4 Å². The van der Waals surface area contributed by atoms with E-state index in [2.05, 4.69) is 17.8 Å². The fourth-order valence-corrected chi connectivity index (χ4v) is 2.83. The SMILES string of the molecule is C#CCP(=O)(OC(C)(C)C#C)OC(C)(C)C#C. The molecule has 0 aromatic heterocycles. The standard InChI is InChI=1S/C13H17O3P/c1-8-11-17(14,15-12(4,5)9-2)16-13(6,7)10-3/h1-3H,11H2,4-7H3. The first kappa shape index (κ1) is 15.8. The van der Waals surface area contributed by atoms with Crippen molar-refractivity contribution in [2.45, 2.75) is 38.9 Å². The minimum Gasteiger partial charge on any atom is -0.289 e. The largest absolute Gasteiger partial charge is 0.345 e. The van der Waals surface area contributed by atoms with E-state index in [9.17, 15) is 4.57 Å². The molecule has 0 amide bonds. The summed E-state index contributed by atoms with van der Waals surface area (Å²) >= 11 is 0. The molecule has 0 spiro atoms. The topological polar surface area (TPSA) is 35.5 Å². The summed E-state index contributed by atoms with van der Waals surface area (Å²) in [5, 5.41) is 0. The molecule has 4 heteroatoms. The molecule has 0 rings (SSSR count). The molecule has 0 atom stereocenters. The lowest BCUT2D eigenvalue weighted by atomic mass is 10.2. The molecule has 0 aliphatic carbocycles. The summed E-state index contributed by atoms with van der Waals surface area (Å²) in [6, 6.07) is 0. The van der Waals surface area contributed by atoms with E-state index >= 15 is 0 Å². The Bertz CT molecular complexity index is 409. The lowest BCUT2D eigenvalue weighted by Crippen LogP contribution is -2.26. The second kappa shape index (κ2) is 5.44. The van der Waals surface area contributed by atoms with Crippen LogP contribution in [-0.2, 0) is 13.6 Å². The fraction of sp³-hybridized carbons (Fsp3) is 0.538. The normalized spacial score (nSPS) is 12.3. The first-order valence-corrected chi connectivity index (χ1v) is 6.72. The molecule has 0 bridgehead atoms. The smallest absolute Gasteiger partial charge is 0.289 e. The lowest BCUT2D eigenvalue weighted by molar-refractivity contribution is 0.0854. The van der Waals surface area contributed by atoms with Crippen molar-refractivity contribution in [2.24, 2.45) is 0 Å². The highest BCUT2D eigenvalue weighted by Gasteiger charge is 2.36. The van der Waals surface area contributed by atoms with Crippen LogP contribution >= 0.6 is 7.60 Å². The predicted octanol–water partition coefficient (Wildman–Crippen LogP) is 2.67. The zero-order chi connectivity index (χ0) is 13.7. The van der Waals surface area contributed by atoms with Crippen molar-refractivity contribution >= 4 is 7.60 Å². The Morgan fingerprint density at radius 3 is 1.59 bits per heavy atom. The first-order chi connectivity index (χ1) is 7.60. The molecule has 0 aromatic rings. The summed E-state index contributed by atoms with van der Waals surface area (Å²) < 4.78 is 23.0. The Balaban J connectivity index is 5.11. The van der Waals surface area contributed by atoms with E-state index in [1.54, 1.807) is 27.7 Å². The summed E-state index contributed by atoms with van der Waals surface area (Å²) in [5.41, 5.74) is -2.06. The van der Waals surface area contributed by atoms with Gasteiger partial charge in [-0.15, -0.1) is 19.3 Å². The Kier molecular flexibility index (Phi) is 5.07. The van der Waals surface area contributed by atoms with Crippen LogP contribution in [0.15, 0.2) is 0 Å². The van der Waals surface area contributed by atoms with E-state index in [1.165, 1.54) is 0 Å². The van der Waals surface area contributed by atoms with Gasteiger partial charge in [0.05, 0.1) is 0 Å². The van der Waals surface area contributed by atoms with Gasteiger partial charge in [0.2, 0.25) is 0 Å². The van der Waals surface area contributed by atoms with Crippen molar-refractivity contribution in [3.63, 3.8) is 0 Å². The van der Waals surface area contributed by atoms with Crippen LogP contribution in [0.4, 0.5) is 0 Å². The third kappa shape index (κ3) is 5.63. The first-order valence-electron chi connectivity index (χ1n) is 4.99. The quantitative estimate of drug-likeness (QED) is 0.557. The number of terminal acetylenes is 3. The van der Waals surface area contributed by atoms with Crippen LogP contribution in [0, 0.1) is 37.0 Å². The zero-order valence-electron chi connectivity index (χ0n) is 10.6. The van der Waals surface area contributed by atoms with Crippen molar-refractivity contribution in [2.75, 3.05) is 6.16 Å². The van der Waals surface area contributed by atoms with E-state index < -0.39 is 18.8 Å². The van der Waals surface area contributed by atoms with Gasteiger partial charge < -0.3 is 0 Å². The Morgan fingerprint density at radius 1 is 1.00 bits per heavy atom. The molecule has 0 aliphatic rings. The van der Waals surface area contributed by atoms with Gasteiger partial charge in [-0.05, 0) is 27.7 Å². The molecular formula is C13H17O3P. The number of hydrogen-bond donors (Lipinski definition) is 0. The van der Waals surface area contributed by atoms with Gasteiger partial charge in [0, 0.05) is 0 Å². The van der Waals surface area contributed by atoms with Gasteiger partial charge in [0.1, 0.15) is 17.4 Å². The Hall–Kier alpha value is -1.17. The molecule has 0 saturated carbocycles. The van der Waals surface area contributed by atoms with Gasteiger partial charge in [-0.25, -0.2) is 0 Å². The Labute approximate surface area is 104 Å². The highest BCUT2D eigenvalue weighted by atomic mass is 31.2. The molecule has 0 aromatic carbocycles. The highest BCUT2D eigenvalue weighted by molar-refractivity contribution is 7.54. The zero-order valence-corrected chi connectivity index (χ0v) is 11.5. The van der Waals surface area contributed by atoms with E-state index in [0.717, 1.165) is 0 Å². The van der Waals surface area contributed by atoms with Crippen LogP contribution in [0.3, 0.4) is 0 Å². The van der Waals surface area contributed by atoms with E-state index in [4.69, 9.17) is 28.3 Å². The molecule has 0 radical (unpaired) electrons. The molecule has 3 nitrogen and oxygen atoms in total. The molecule has 92 valence electrons. The van der Waals surface area contributed by atoms with Crippen molar-refractivity contribution in [3.8, 4) is 37.0 Å². The second-order valence-corrected chi connectivity index (χ2v) is 6.37. The molecule has 0 fully saturated rings. The van der Waals surface area contributed by atoms with Gasteiger partial charge in [-0.1, -0.05) is 17.8 Å². The maximum atomic E-state index is 12.4. The van der Waals surface area contributed by atoms with Crippen LogP contribution in [0.1, 0.15) is 27.7 Å². The number of hydrogen-bond acceptors (Lipinski definition) is 3. The minimum atomic E-state index is -3.52. The second-order valence-electron chi connectivity index (χ2n) is 4.47. The summed E-state index contributed by atoms with van der Waals surface area (Å²) in [6.07, 6.45) is 15.5. The summed E-state index contributed by atoms with van der Waals surface area (Å²) in [6.45, 7) is 6.40. The van der Waals surface area contributed by atoms with Crippen molar-refractivity contribution in [3.05, 3.63) is 0 Å². The number of rotatable bonds is 5. The third-order valence-electron chi connectivity index (χ3n) is 1.71. The van der Waals surface area contributed by atoms with Gasteiger partial charge >= 0.3 is 7.60 Å². The molecular weight excluding hydrogens is 235 g/mol. The van der Waals surface area contributed by atoms with Crippen molar-refractivity contribution < 1.29 is 13.6 Å². The van der Waals surface area contributed by atoms with Crippen molar-refractivity contribution in [1.82, 2.24) is 0 Å². The maximum absolute atomic E-state index is 12.4. The van der Waals surface area contributed by atoms with Crippen LogP contribution in [0.25, 0.3) is 0 Å². The van der Waals surface area contributed by atoms with E-state index in [-0.39, 0.29) is 6.16 Å². The minimum absolute atomic E-state index is 0.177. The highest BCUT2D eigenvalue weighted by Crippen LogP contribution is 2.53. The van der Waals surface area contributed by atoms with Gasteiger partial charge in [0.15, 0.2) is 0 Å². The van der Waals surface area contributed by atoms with Gasteiger partial charge in [-0.3, -0.25) is 13.6 Å². The van der Waals surface area contributed by atoms with Crippen LogP contribution in [0.5, 0.6) is 0 Å². The monoisotopic (exact) mass is 252 g/mol. The molecule has 0 unspecified atom stereocenters. The molecule has 0 aliphatic heterocycles. The molecule has 0 heterocycles. The van der Waals surface area contributed by atoms with E-state index in [1.807, 2.05) is 0 Å². The Morgan fingerprint density at radius 2 is 1.35 bits per heavy atom. The average Bonchev–Trinajstić information content (AvgIpc) is 2.16.